The minimum Gasteiger partial charge on any atom is -0.339 e. The highest BCUT2D eigenvalue weighted by atomic mass is 16.2. The van der Waals surface area contributed by atoms with Crippen LogP contribution in [0.25, 0.3) is 0 Å². The first-order valence-electron chi connectivity index (χ1n) is 7.82. The zero-order chi connectivity index (χ0) is 16.2. The number of carbonyl (C=O) groups excluding carboxylic acids is 1. The second-order valence-corrected chi connectivity index (χ2v) is 5.82. The van der Waals surface area contributed by atoms with E-state index in [4.69, 9.17) is 0 Å². The van der Waals surface area contributed by atoms with Crippen LogP contribution in [-0.4, -0.2) is 46.7 Å². The summed E-state index contributed by atoms with van der Waals surface area (Å²) in [4.78, 5) is 14.6. The fourth-order valence-electron chi connectivity index (χ4n) is 2.65. The number of piperazine rings is 1. The molecular weight excluding hydrogens is 290 g/mol. The maximum atomic E-state index is 12.7. The van der Waals surface area contributed by atoms with Gasteiger partial charge in [0.25, 0.3) is 5.91 Å². The standard InChI is InChI=1S/C17H21N5O/c1-12-6-7-16(21-20-12)19-15-5-3-4-14(10-15)17(23)22-9-8-18-11-13(22)2/h3-7,10,13,18H,8-9,11H2,1-2H3,(H,19,21). The molecule has 1 aliphatic heterocycles. The molecule has 1 fully saturated rings. The highest BCUT2D eigenvalue weighted by Crippen LogP contribution is 2.18. The molecule has 1 amide bonds. The average molecular weight is 311 g/mol. The number of rotatable bonds is 3. The van der Waals surface area contributed by atoms with Crippen LogP contribution < -0.4 is 10.6 Å². The first-order valence-corrected chi connectivity index (χ1v) is 7.82. The monoisotopic (exact) mass is 311 g/mol. The SMILES string of the molecule is Cc1ccc(Nc2cccc(C(=O)N3CCNCC3C)c2)nn1. The maximum Gasteiger partial charge on any atom is 0.254 e. The van der Waals surface area contributed by atoms with Gasteiger partial charge < -0.3 is 15.5 Å². The average Bonchev–Trinajstić information content (AvgIpc) is 2.57. The van der Waals surface area contributed by atoms with Crippen LogP contribution in [0.4, 0.5) is 11.5 Å². The number of amides is 1. The number of aromatic nitrogens is 2. The molecule has 3 rings (SSSR count). The van der Waals surface area contributed by atoms with Crippen molar-refractivity contribution in [2.24, 2.45) is 0 Å². The fourth-order valence-corrected chi connectivity index (χ4v) is 2.65. The van der Waals surface area contributed by atoms with Crippen LogP contribution >= 0.6 is 0 Å². The van der Waals surface area contributed by atoms with Crippen molar-refractivity contribution in [3.8, 4) is 0 Å². The van der Waals surface area contributed by atoms with E-state index in [0.717, 1.165) is 31.0 Å². The van der Waals surface area contributed by atoms with Gasteiger partial charge in [-0.2, -0.15) is 5.10 Å². The quantitative estimate of drug-likeness (QED) is 0.907. The minimum atomic E-state index is 0.0673. The number of hydrogen-bond donors (Lipinski definition) is 2. The molecule has 1 aromatic heterocycles. The van der Waals surface area contributed by atoms with E-state index < -0.39 is 0 Å². The summed E-state index contributed by atoms with van der Waals surface area (Å²) < 4.78 is 0. The summed E-state index contributed by atoms with van der Waals surface area (Å²) in [6, 6.07) is 11.5. The van der Waals surface area contributed by atoms with Crippen molar-refractivity contribution in [3.05, 3.63) is 47.7 Å². The largest absolute Gasteiger partial charge is 0.339 e. The summed E-state index contributed by atoms with van der Waals surface area (Å²) in [6.07, 6.45) is 0. The van der Waals surface area contributed by atoms with Gasteiger partial charge in [0.05, 0.1) is 5.69 Å². The van der Waals surface area contributed by atoms with Crippen LogP contribution in [-0.2, 0) is 0 Å². The molecule has 1 unspecified atom stereocenters. The topological polar surface area (TPSA) is 70.2 Å². The third-order valence-corrected chi connectivity index (χ3v) is 3.94. The van der Waals surface area contributed by atoms with Gasteiger partial charge in [-0.3, -0.25) is 4.79 Å². The molecule has 1 aliphatic rings. The summed E-state index contributed by atoms with van der Waals surface area (Å²) in [5.74, 6) is 0.730. The predicted octanol–water partition coefficient (Wildman–Crippen LogP) is 1.96. The highest BCUT2D eigenvalue weighted by Gasteiger charge is 2.24. The zero-order valence-electron chi connectivity index (χ0n) is 13.4. The van der Waals surface area contributed by atoms with Crippen molar-refractivity contribution >= 4 is 17.4 Å². The Hall–Kier alpha value is -2.47. The lowest BCUT2D eigenvalue weighted by molar-refractivity contribution is 0.0656. The maximum absolute atomic E-state index is 12.7. The predicted molar refractivity (Wildman–Crippen MR) is 89.9 cm³/mol. The van der Waals surface area contributed by atoms with Crippen molar-refractivity contribution in [2.75, 3.05) is 25.0 Å². The van der Waals surface area contributed by atoms with E-state index in [1.54, 1.807) is 0 Å². The van der Waals surface area contributed by atoms with Gasteiger partial charge in [-0.05, 0) is 44.2 Å². The molecule has 2 aromatic rings. The number of benzene rings is 1. The van der Waals surface area contributed by atoms with Gasteiger partial charge in [0.2, 0.25) is 0 Å². The Bertz CT molecular complexity index is 686. The van der Waals surface area contributed by atoms with E-state index in [0.29, 0.717) is 11.4 Å². The Morgan fingerprint density at radius 2 is 2.17 bits per heavy atom. The number of nitrogens with one attached hydrogen (secondary N) is 2. The Morgan fingerprint density at radius 1 is 1.30 bits per heavy atom. The Morgan fingerprint density at radius 3 is 2.91 bits per heavy atom. The molecular formula is C17H21N5O. The molecule has 1 atom stereocenters. The van der Waals surface area contributed by atoms with Crippen molar-refractivity contribution in [2.45, 2.75) is 19.9 Å². The lowest BCUT2D eigenvalue weighted by Gasteiger charge is -2.34. The molecule has 0 saturated carbocycles. The third kappa shape index (κ3) is 3.65. The van der Waals surface area contributed by atoms with Gasteiger partial charge in [-0.1, -0.05) is 6.07 Å². The normalized spacial score (nSPS) is 17.8. The van der Waals surface area contributed by atoms with Crippen LogP contribution in [0.5, 0.6) is 0 Å². The molecule has 120 valence electrons. The number of carbonyl (C=O) groups is 1. The molecule has 1 aromatic carbocycles. The summed E-state index contributed by atoms with van der Waals surface area (Å²) >= 11 is 0. The molecule has 6 heteroatoms. The van der Waals surface area contributed by atoms with Crippen molar-refractivity contribution in [1.29, 1.82) is 0 Å². The molecule has 0 aliphatic carbocycles. The van der Waals surface area contributed by atoms with Crippen LogP contribution in [0.3, 0.4) is 0 Å². The van der Waals surface area contributed by atoms with Gasteiger partial charge >= 0.3 is 0 Å². The molecule has 2 heterocycles. The molecule has 0 spiro atoms. The Kier molecular flexibility index (Phi) is 4.52. The lowest BCUT2D eigenvalue weighted by atomic mass is 10.1. The van der Waals surface area contributed by atoms with Gasteiger partial charge in [-0.25, -0.2) is 0 Å². The van der Waals surface area contributed by atoms with Crippen LogP contribution in [0.1, 0.15) is 23.0 Å². The van der Waals surface area contributed by atoms with Gasteiger partial charge in [0, 0.05) is 36.9 Å². The molecule has 1 saturated heterocycles. The van der Waals surface area contributed by atoms with Crippen molar-refractivity contribution in [1.82, 2.24) is 20.4 Å². The molecule has 23 heavy (non-hydrogen) atoms. The summed E-state index contributed by atoms with van der Waals surface area (Å²) in [5, 5.41) is 14.6. The van der Waals surface area contributed by atoms with Gasteiger partial charge in [0.15, 0.2) is 5.82 Å². The highest BCUT2D eigenvalue weighted by molar-refractivity contribution is 5.95. The number of anilines is 2. The second-order valence-electron chi connectivity index (χ2n) is 5.82. The van der Waals surface area contributed by atoms with Gasteiger partial charge in [0.1, 0.15) is 0 Å². The van der Waals surface area contributed by atoms with Crippen LogP contribution in [0.2, 0.25) is 0 Å². The number of aryl methyl sites for hydroxylation is 1. The lowest BCUT2D eigenvalue weighted by Crippen LogP contribution is -2.52. The first-order chi connectivity index (χ1) is 11.1. The number of hydrogen-bond acceptors (Lipinski definition) is 5. The van der Waals surface area contributed by atoms with Gasteiger partial charge in [-0.15, -0.1) is 5.10 Å². The summed E-state index contributed by atoms with van der Waals surface area (Å²) in [6.45, 7) is 6.37. The summed E-state index contributed by atoms with van der Waals surface area (Å²) in [7, 11) is 0. The van der Waals surface area contributed by atoms with E-state index in [1.165, 1.54) is 0 Å². The zero-order valence-corrected chi connectivity index (χ0v) is 13.4. The van der Waals surface area contributed by atoms with E-state index >= 15 is 0 Å². The van der Waals surface area contributed by atoms with Crippen molar-refractivity contribution in [3.63, 3.8) is 0 Å². The molecule has 0 radical (unpaired) electrons. The smallest absolute Gasteiger partial charge is 0.254 e. The third-order valence-electron chi connectivity index (χ3n) is 3.94. The summed E-state index contributed by atoms with van der Waals surface area (Å²) in [5.41, 5.74) is 2.38. The Labute approximate surface area is 135 Å². The molecule has 0 bridgehead atoms. The number of nitrogens with zero attached hydrogens (tertiary/aromatic N) is 3. The molecule has 6 nitrogen and oxygen atoms in total. The van der Waals surface area contributed by atoms with Crippen LogP contribution in [0.15, 0.2) is 36.4 Å². The van der Waals surface area contributed by atoms with E-state index in [9.17, 15) is 4.79 Å². The van der Waals surface area contributed by atoms with E-state index in [-0.39, 0.29) is 11.9 Å². The van der Waals surface area contributed by atoms with E-state index in [1.807, 2.05) is 48.2 Å². The second kappa shape index (κ2) is 6.75. The Balaban J connectivity index is 1.76. The van der Waals surface area contributed by atoms with E-state index in [2.05, 4.69) is 27.8 Å². The van der Waals surface area contributed by atoms with Crippen molar-refractivity contribution < 1.29 is 4.79 Å². The first kappa shape index (κ1) is 15.4. The minimum absolute atomic E-state index is 0.0673. The van der Waals surface area contributed by atoms with Crippen LogP contribution in [0, 0.1) is 6.92 Å². The fraction of sp³-hybridized carbons (Fsp3) is 0.353. The molecule has 2 N–H and O–H groups in total.